The van der Waals surface area contributed by atoms with Crippen molar-refractivity contribution < 1.29 is 19.1 Å². The summed E-state index contributed by atoms with van der Waals surface area (Å²) in [6, 6.07) is -0.306. The fraction of sp³-hybridized carbons (Fsp3) is 0.647. The first-order valence-electron chi connectivity index (χ1n) is 8.15. The van der Waals surface area contributed by atoms with E-state index in [9.17, 15) is 9.59 Å². The molecule has 0 fully saturated rings. The molecule has 0 aromatic carbocycles. The lowest BCUT2D eigenvalue weighted by atomic mass is 9.93. The van der Waals surface area contributed by atoms with Gasteiger partial charge in [-0.25, -0.2) is 9.59 Å². The maximum Gasteiger partial charge on any atom is 0.341 e. The summed E-state index contributed by atoms with van der Waals surface area (Å²) in [6.07, 6.45) is 1.51. The van der Waals surface area contributed by atoms with Crippen LogP contribution in [0.5, 0.6) is 0 Å². The minimum Gasteiger partial charge on any atom is -0.465 e. The van der Waals surface area contributed by atoms with E-state index >= 15 is 0 Å². The summed E-state index contributed by atoms with van der Waals surface area (Å²) >= 11 is 1.38. The molecule has 2 amide bonds. The summed E-state index contributed by atoms with van der Waals surface area (Å²) in [4.78, 5) is 25.3. The third-order valence-corrected chi connectivity index (χ3v) is 5.03. The van der Waals surface area contributed by atoms with E-state index in [4.69, 9.17) is 9.47 Å². The minimum absolute atomic E-state index is 0.306. The van der Waals surface area contributed by atoms with Gasteiger partial charge in [0, 0.05) is 17.8 Å². The molecule has 0 aliphatic carbocycles. The van der Waals surface area contributed by atoms with E-state index in [2.05, 4.69) is 24.5 Å². The van der Waals surface area contributed by atoms with Crippen molar-refractivity contribution in [3.63, 3.8) is 0 Å². The van der Waals surface area contributed by atoms with Crippen LogP contribution in [0.2, 0.25) is 0 Å². The second kappa shape index (κ2) is 7.53. The SMILES string of the molecule is COC(=O)c1c(NC(=O)NCCC(C)C)sc2c1CC(C)(C)OC2. The van der Waals surface area contributed by atoms with Crippen LogP contribution in [0.15, 0.2) is 0 Å². The maximum absolute atomic E-state index is 12.2. The topological polar surface area (TPSA) is 76.7 Å². The number of methoxy groups -OCH3 is 1. The van der Waals surface area contributed by atoms with Crippen LogP contribution in [-0.2, 0) is 22.5 Å². The molecule has 0 saturated heterocycles. The summed E-state index contributed by atoms with van der Waals surface area (Å²) in [7, 11) is 1.35. The van der Waals surface area contributed by atoms with Crippen molar-refractivity contribution in [2.24, 2.45) is 5.92 Å². The molecule has 0 spiro atoms. The van der Waals surface area contributed by atoms with Crippen LogP contribution in [0.25, 0.3) is 0 Å². The number of hydrogen-bond acceptors (Lipinski definition) is 5. The van der Waals surface area contributed by atoms with E-state index in [1.807, 2.05) is 13.8 Å². The molecule has 134 valence electrons. The molecule has 0 radical (unpaired) electrons. The number of nitrogens with one attached hydrogen (secondary N) is 2. The maximum atomic E-state index is 12.2. The lowest BCUT2D eigenvalue weighted by Gasteiger charge is -2.30. The van der Waals surface area contributed by atoms with Gasteiger partial charge < -0.3 is 14.8 Å². The molecule has 0 unspecified atom stereocenters. The minimum atomic E-state index is -0.428. The Labute approximate surface area is 146 Å². The summed E-state index contributed by atoms with van der Waals surface area (Å²) in [5.41, 5.74) is 1.03. The summed E-state index contributed by atoms with van der Waals surface area (Å²) in [6.45, 7) is 9.21. The van der Waals surface area contributed by atoms with Gasteiger partial charge in [0.15, 0.2) is 0 Å². The van der Waals surface area contributed by atoms with Gasteiger partial charge >= 0.3 is 12.0 Å². The van der Waals surface area contributed by atoms with Crippen molar-refractivity contribution in [3.8, 4) is 0 Å². The number of carbonyl (C=O) groups is 2. The van der Waals surface area contributed by atoms with Crippen molar-refractivity contribution >= 4 is 28.3 Å². The first-order valence-corrected chi connectivity index (χ1v) is 8.97. The molecule has 6 nitrogen and oxygen atoms in total. The molecule has 2 N–H and O–H groups in total. The van der Waals surface area contributed by atoms with Gasteiger partial charge in [0.1, 0.15) is 5.00 Å². The first-order chi connectivity index (χ1) is 11.2. The molecular weight excluding hydrogens is 328 g/mol. The van der Waals surface area contributed by atoms with Gasteiger partial charge in [0.2, 0.25) is 0 Å². The average molecular weight is 354 g/mol. The smallest absolute Gasteiger partial charge is 0.341 e. The number of carbonyl (C=O) groups excluding carboxylic acids is 2. The molecule has 1 aromatic rings. The standard InChI is InChI=1S/C17H26N2O4S/c1-10(2)6-7-18-16(21)19-14-13(15(20)22-5)11-8-17(3,4)23-9-12(11)24-14/h10H,6-9H2,1-5H3,(H2,18,19,21). The van der Waals surface area contributed by atoms with Gasteiger partial charge in [0.05, 0.1) is 24.9 Å². The van der Waals surface area contributed by atoms with E-state index in [1.54, 1.807) is 0 Å². The number of thiophene rings is 1. The van der Waals surface area contributed by atoms with Crippen LogP contribution >= 0.6 is 11.3 Å². The van der Waals surface area contributed by atoms with Gasteiger partial charge in [-0.3, -0.25) is 5.32 Å². The molecule has 0 bridgehead atoms. The van der Waals surface area contributed by atoms with Crippen LogP contribution in [0.1, 0.15) is 54.9 Å². The van der Waals surface area contributed by atoms with Gasteiger partial charge in [-0.05, 0) is 31.7 Å². The van der Waals surface area contributed by atoms with E-state index in [0.717, 1.165) is 16.9 Å². The molecular formula is C17H26N2O4S. The molecule has 1 aliphatic rings. The highest BCUT2D eigenvalue weighted by Crippen LogP contribution is 2.40. The average Bonchev–Trinajstić information content (AvgIpc) is 2.81. The Hall–Kier alpha value is -1.60. The summed E-state index contributed by atoms with van der Waals surface area (Å²) in [5, 5.41) is 6.14. The Kier molecular flexibility index (Phi) is 5.87. The predicted octanol–water partition coefficient (Wildman–Crippen LogP) is 3.55. The number of urea groups is 1. The third-order valence-electron chi connectivity index (χ3n) is 3.91. The predicted molar refractivity (Wildman–Crippen MR) is 94.7 cm³/mol. The number of esters is 1. The van der Waals surface area contributed by atoms with Gasteiger partial charge in [-0.2, -0.15) is 0 Å². The Morgan fingerprint density at radius 1 is 1.38 bits per heavy atom. The molecule has 7 heteroatoms. The molecule has 1 aromatic heterocycles. The number of anilines is 1. The van der Waals surface area contributed by atoms with Crippen LogP contribution in [-0.4, -0.2) is 31.3 Å². The second-order valence-electron chi connectivity index (χ2n) is 6.99. The molecule has 0 atom stereocenters. The zero-order valence-electron chi connectivity index (χ0n) is 14.9. The largest absolute Gasteiger partial charge is 0.465 e. The number of ether oxygens (including phenoxy) is 2. The lowest BCUT2D eigenvalue weighted by molar-refractivity contribution is -0.0384. The summed E-state index contributed by atoms with van der Waals surface area (Å²) in [5.74, 6) is 0.0899. The van der Waals surface area contributed by atoms with Gasteiger partial charge in [0.25, 0.3) is 0 Å². The zero-order chi connectivity index (χ0) is 17.9. The fourth-order valence-electron chi connectivity index (χ4n) is 2.58. The quantitative estimate of drug-likeness (QED) is 0.793. The highest BCUT2D eigenvalue weighted by molar-refractivity contribution is 7.17. The lowest BCUT2D eigenvalue weighted by Crippen LogP contribution is -2.32. The fourth-order valence-corrected chi connectivity index (χ4v) is 3.70. The van der Waals surface area contributed by atoms with Crippen molar-refractivity contribution in [2.45, 2.75) is 52.7 Å². The molecule has 0 saturated carbocycles. The van der Waals surface area contributed by atoms with Gasteiger partial charge in [-0.1, -0.05) is 13.8 Å². The van der Waals surface area contributed by atoms with E-state index < -0.39 is 5.97 Å². The number of hydrogen-bond donors (Lipinski definition) is 2. The highest BCUT2D eigenvalue weighted by atomic mass is 32.1. The zero-order valence-corrected chi connectivity index (χ0v) is 15.8. The Morgan fingerprint density at radius 2 is 2.08 bits per heavy atom. The van der Waals surface area contributed by atoms with Crippen molar-refractivity contribution in [3.05, 3.63) is 16.0 Å². The van der Waals surface area contributed by atoms with E-state index in [0.29, 0.717) is 36.1 Å². The van der Waals surface area contributed by atoms with Crippen LogP contribution in [0, 0.1) is 5.92 Å². The Balaban J connectivity index is 2.19. The van der Waals surface area contributed by atoms with Crippen LogP contribution in [0.3, 0.4) is 0 Å². The highest BCUT2D eigenvalue weighted by Gasteiger charge is 2.34. The summed E-state index contributed by atoms with van der Waals surface area (Å²) < 4.78 is 10.7. The third kappa shape index (κ3) is 4.48. The van der Waals surface area contributed by atoms with E-state index in [1.165, 1.54) is 18.4 Å². The van der Waals surface area contributed by atoms with Crippen LogP contribution < -0.4 is 10.6 Å². The molecule has 2 rings (SSSR count). The van der Waals surface area contributed by atoms with Crippen molar-refractivity contribution in [1.82, 2.24) is 5.32 Å². The molecule has 2 heterocycles. The molecule has 24 heavy (non-hydrogen) atoms. The number of amides is 2. The Morgan fingerprint density at radius 3 is 2.71 bits per heavy atom. The number of fused-ring (bicyclic) bond motifs is 1. The van der Waals surface area contributed by atoms with Crippen molar-refractivity contribution in [1.29, 1.82) is 0 Å². The molecule has 1 aliphatic heterocycles. The number of rotatable bonds is 5. The second-order valence-corrected chi connectivity index (χ2v) is 8.09. The van der Waals surface area contributed by atoms with Crippen LogP contribution in [0.4, 0.5) is 9.80 Å². The first kappa shape index (κ1) is 18.7. The van der Waals surface area contributed by atoms with Crippen molar-refractivity contribution in [2.75, 3.05) is 19.0 Å². The Bertz CT molecular complexity index is 622. The van der Waals surface area contributed by atoms with Gasteiger partial charge in [-0.15, -0.1) is 11.3 Å². The normalized spacial score (nSPS) is 15.8. The monoisotopic (exact) mass is 354 g/mol. The van der Waals surface area contributed by atoms with E-state index in [-0.39, 0.29) is 11.6 Å².